The summed E-state index contributed by atoms with van der Waals surface area (Å²) in [7, 11) is 1.65. The summed E-state index contributed by atoms with van der Waals surface area (Å²) in [6.45, 7) is 0.870. The van der Waals surface area contributed by atoms with Crippen LogP contribution in [0.1, 0.15) is 27.4 Å². The summed E-state index contributed by atoms with van der Waals surface area (Å²) in [5.74, 6) is 1.15. The van der Waals surface area contributed by atoms with Crippen LogP contribution >= 0.6 is 35.7 Å². The number of hydrogen-bond donors (Lipinski definition) is 3. The minimum Gasteiger partial charge on any atom is -0.454 e. The van der Waals surface area contributed by atoms with Crippen molar-refractivity contribution in [1.82, 2.24) is 10.6 Å². The molecule has 0 atom stereocenters. The highest BCUT2D eigenvalue weighted by atomic mass is 127. The molecule has 0 aliphatic carbocycles. The van der Waals surface area contributed by atoms with E-state index in [1.807, 2.05) is 6.26 Å². The number of rotatable bonds is 7. The number of hydrogen-bond acceptors (Lipinski definition) is 4. The van der Waals surface area contributed by atoms with Crippen LogP contribution in [-0.4, -0.2) is 25.2 Å². The topological polar surface area (TPSA) is 92.6 Å². The zero-order valence-electron chi connectivity index (χ0n) is 14.5. The van der Waals surface area contributed by atoms with Gasteiger partial charge in [-0.1, -0.05) is 6.07 Å². The zero-order chi connectivity index (χ0) is 18.2. The van der Waals surface area contributed by atoms with Crippen molar-refractivity contribution in [3.8, 4) is 0 Å². The molecule has 0 unspecified atom stereocenters. The number of carbonyl (C=O) groups excluding carboxylic acids is 1. The van der Waals surface area contributed by atoms with Crippen LogP contribution in [0.2, 0.25) is 0 Å². The van der Waals surface area contributed by atoms with E-state index in [2.05, 4.69) is 15.6 Å². The zero-order valence-corrected chi connectivity index (χ0v) is 17.7. The van der Waals surface area contributed by atoms with Gasteiger partial charge in [0, 0.05) is 19.3 Å². The van der Waals surface area contributed by atoms with Crippen molar-refractivity contribution in [2.45, 2.75) is 18.8 Å². The highest BCUT2D eigenvalue weighted by Crippen LogP contribution is 2.16. The van der Waals surface area contributed by atoms with Gasteiger partial charge in [-0.15, -0.1) is 24.0 Å². The van der Waals surface area contributed by atoms with Crippen molar-refractivity contribution in [1.29, 1.82) is 0 Å². The lowest BCUT2D eigenvalue weighted by atomic mass is 10.1. The van der Waals surface area contributed by atoms with Gasteiger partial charge in [0.25, 0.3) is 5.91 Å². The fourth-order valence-corrected chi connectivity index (χ4v) is 2.81. The summed E-state index contributed by atoms with van der Waals surface area (Å²) < 4.78 is 18.7. The number of guanidine groups is 1. The number of benzene rings is 1. The molecule has 0 spiro atoms. The van der Waals surface area contributed by atoms with E-state index in [1.165, 1.54) is 12.1 Å². The number of nitrogens with two attached hydrogens (primary N) is 1. The highest BCUT2D eigenvalue weighted by molar-refractivity contribution is 14.0. The highest BCUT2D eigenvalue weighted by Gasteiger charge is 2.08. The summed E-state index contributed by atoms with van der Waals surface area (Å²) in [4.78, 5) is 15.2. The molecule has 4 N–H and O–H groups in total. The molecule has 0 fully saturated rings. The van der Waals surface area contributed by atoms with Crippen molar-refractivity contribution >= 4 is 47.6 Å². The van der Waals surface area contributed by atoms with Crippen molar-refractivity contribution < 1.29 is 13.6 Å². The molecule has 0 bridgehead atoms. The second kappa shape index (κ2) is 11.1. The lowest BCUT2D eigenvalue weighted by molar-refractivity contribution is 0.0972. The maximum atomic E-state index is 13.4. The first-order valence-corrected chi connectivity index (χ1v) is 9.02. The summed E-state index contributed by atoms with van der Waals surface area (Å²) in [6.07, 6.45) is 1.98. The van der Waals surface area contributed by atoms with Gasteiger partial charge in [0.2, 0.25) is 0 Å². The molecule has 0 saturated heterocycles. The molecule has 0 aliphatic heterocycles. The van der Waals surface area contributed by atoms with E-state index in [1.54, 1.807) is 37.0 Å². The van der Waals surface area contributed by atoms with Crippen molar-refractivity contribution in [2.24, 2.45) is 10.7 Å². The first-order chi connectivity index (χ1) is 12.0. The summed E-state index contributed by atoms with van der Waals surface area (Å²) >= 11 is 1.64. The minimum atomic E-state index is -0.605. The third-order valence-electron chi connectivity index (χ3n) is 3.47. The van der Waals surface area contributed by atoms with Gasteiger partial charge in [-0.05, 0) is 41.6 Å². The molecule has 1 aromatic carbocycles. The van der Waals surface area contributed by atoms with E-state index >= 15 is 0 Å². The van der Waals surface area contributed by atoms with Crippen LogP contribution in [0.15, 0.2) is 39.7 Å². The van der Waals surface area contributed by atoms with Crippen LogP contribution in [-0.2, 0) is 18.8 Å². The second-order valence-electron chi connectivity index (χ2n) is 5.26. The largest absolute Gasteiger partial charge is 0.454 e. The molecule has 0 radical (unpaired) electrons. The molecule has 26 heavy (non-hydrogen) atoms. The quantitative estimate of drug-likeness (QED) is 0.314. The number of nitrogens with one attached hydrogen (secondary N) is 2. The number of aliphatic imine (C=N–C) groups is 1. The van der Waals surface area contributed by atoms with Crippen LogP contribution in [0.3, 0.4) is 0 Å². The SMILES string of the molecule is CN=C(NCc1ccc(C(N)=O)o1)NCc1ccc(F)cc1CSC.I. The van der Waals surface area contributed by atoms with E-state index in [4.69, 9.17) is 10.2 Å². The van der Waals surface area contributed by atoms with Crippen LogP contribution in [0.5, 0.6) is 0 Å². The molecular weight excluding hydrogens is 470 g/mol. The molecule has 0 saturated carbocycles. The Morgan fingerprint density at radius 2 is 1.96 bits per heavy atom. The van der Waals surface area contributed by atoms with Crippen molar-refractivity contribution in [3.05, 3.63) is 58.8 Å². The number of primary amides is 1. The standard InChI is InChI=1S/C17H21FN4O2S.HI/c1-20-17(22-9-14-5-6-15(24-14)16(19)23)21-8-11-3-4-13(18)7-12(11)10-25-2;/h3-7H,8-10H2,1-2H3,(H2,19,23)(H2,20,21,22);1H. The van der Waals surface area contributed by atoms with Crippen LogP contribution < -0.4 is 16.4 Å². The molecule has 0 aliphatic rings. The number of thioether (sulfide) groups is 1. The number of carbonyl (C=O) groups is 1. The molecule has 2 aromatic rings. The Labute approximate surface area is 173 Å². The predicted molar refractivity (Wildman–Crippen MR) is 113 cm³/mol. The first-order valence-electron chi connectivity index (χ1n) is 7.62. The number of furan rings is 1. The van der Waals surface area contributed by atoms with Gasteiger partial charge < -0.3 is 20.8 Å². The van der Waals surface area contributed by atoms with Crippen LogP contribution in [0.25, 0.3) is 0 Å². The van der Waals surface area contributed by atoms with Crippen molar-refractivity contribution in [2.75, 3.05) is 13.3 Å². The Kier molecular flexibility index (Phi) is 9.49. The molecule has 1 heterocycles. The number of halogens is 2. The molecule has 2 rings (SSSR count). The van der Waals surface area contributed by atoms with Gasteiger partial charge >= 0.3 is 0 Å². The summed E-state index contributed by atoms with van der Waals surface area (Å²) in [5, 5.41) is 6.26. The van der Waals surface area contributed by atoms with Gasteiger partial charge in [0.1, 0.15) is 11.6 Å². The molecule has 142 valence electrons. The average molecular weight is 492 g/mol. The fraction of sp³-hybridized carbons (Fsp3) is 0.294. The molecule has 1 aromatic heterocycles. The summed E-state index contributed by atoms with van der Waals surface area (Å²) in [5.41, 5.74) is 7.11. The van der Waals surface area contributed by atoms with E-state index in [-0.39, 0.29) is 35.6 Å². The normalized spacial score (nSPS) is 11.0. The average Bonchev–Trinajstić information content (AvgIpc) is 3.06. The number of nitrogens with zero attached hydrogens (tertiary/aromatic N) is 1. The van der Waals surface area contributed by atoms with E-state index in [9.17, 15) is 9.18 Å². The maximum Gasteiger partial charge on any atom is 0.284 e. The Hall–Kier alpha value is -1.75. The van der Waals surface area contributed by atoms with Gasteiger partial charge in [-0.3, -0.25) is 9.79 Å². The fourth-order valence-electron chi connectivity index (χ4n) is 2.23. The maximum absolute atomic E-state index is 13.4. The lowest BCUT2D eigenvalue weighted by Crippen LogP contribution is -2.36. The lowest BCUT2D eigenvalue weighted by Gasteiger charge is -2.13. The molecule has 9 heteroatoms. The third kappa shape index (κ3) is 6.52. The van der Waals surface area contributed by atoms with E-state index in [0.29, 0.717) is 24.8 Å². The predicted octanol–water partition coefficient (Wildman–Crippen LogP) is 2.86. The van der Waals surface area contributed by atoms with Crippen LogP contribution in [0.4, 0.5) is 4.39 Å². The third-order valence-corrected chi connectivity index (χ3v) is 4.07. The smallest absolute Gasteiger partial charge is 0.284 e. The second-order valence-corrected chi connectivity index (χ2v) is 6.12. The Balaban J connectivity index is 0.00000338. The van der Waals surface area contributed by atoms with Crippen LogP contribution in [0, 0.1) is 5.82 Å². The first kappa shape index (κ1) is 22.3. The minimum absolute atomic E-state index is 0. The molecule has 1 amide bonds. The van der Waals surface area contributed by atoms with Gasteiger partial charge in [-0.2, -0.15) is 11.8 Å². The number of amides is 1. The monoisotopic (exact) mass is 492 g/mol. The van der Waals surface area contributed by atoms with Gasteiger partial charge in [0.05, 0.1) is 6.54 Å². The molecule has 6 nitrogen and oxygen atoms in total. The molecular formula is C17H22FIN4O2S. The Morgan fingerprint density at radius 1 is 1.23 bits per heavy atom. The van der Waals surface area contributed by atoms with E-state index in [0.717, 1.165) is 16.9 Å². The Morgan fingerprint density at radius 3 is 2.58 bits per heavy atom. The van der Waals surface area contributed by atoms with E-state index < -0.39 is 5.91 Å². The Bertz CT molecular complexity index is 767. The summed E-state index contributed by atoms with van der Waals surface area (Å²) in [6, 6.07) is 7.98. The van der Waals surface area contributed by atoms with Gasteiger partial charge in [0.15, 0.2) is 11.7 Å². The van der Waals surface area contributed by atoms with Gasteiger partial charge in [-0.25, -0.2) is 4.39 Å². The van der Waals surface area contributed by atoms with Crippen molar-refractivity contribution in [3.63, 3.8) is 0 Å².